The van der Waals surface area contributed by atoms with Crippen LogP contribution in [-0.2, 0) is 16.1 Å². The molecular formula is C33H28IN3O5S. The van der Waals surface area contributed by atoms with E-state index in [1.165, 1.54) is 11.3 Å². The van der Waals surface area contributed by atoms with Gasteiger partial charge in [-0.25, -0.2) is 9.79 Å². The maximum atomic E-state index is 13.9. The summed E-state index contributed by atoms with van der Waals surface area (Å²) in [6.07, 6.45) is 1.80. The Hall–Kier alpha value is -4.21. The van der Waals surface area contributed by atoms with Gasteiger partial charge in [-0.2, -0.15) is 5.26 Å². The fourth-order valence-corrected chi connectivity index (χ4v) is 6.63. The number of nitriles is 1. The van der Waals surface area contributed by atoms with Crippen molar-refractivity contribution in [2.75, 3.05) is 13.7 Å². The molecule has 0 unspecified atom stereocenters. The summed E-state index contributed by atoms with van der Waals surface area (Å²) in [6, 6.07) is 20.2. The lowest BCUT2D eigenvalue weighted by Gasteiger charge is -2.24. The average Bonchev–Trinajstić information content (AvgIpc) is 3.30. The number of carbonyl (C=O) groups is 1. The highest BCUT2D eigenvalue weighted by Gasteiger charge is 2.33. The molecule has 5 rings (SSSR count). The first kappa shape index (κ1) is 30.3. The van der Waals surface area contributed by atoms with Crippen molar-refractivity contribution in [3.8, 4) is 17.6 Å². The summed E-state index contributed by atoms with van der Waals surface area (Å²) in [5.41, 5.74) is 4.76. The van der Waals surface area contributed by atoms with Gasteiger partial charge < -0.3 is 14.2 Å². The standard InChI is InChI=1S/C33H28IN3O5S/c1-5-41-32(39)28-20(3)36-33-37(29(28)24-12-6-19(2)7-13-24)31(38)27(43-33)16-23-14-25(34)30(26(15-23)40-4)42-18-22-10-8-21(17-35)9-11-22/h6-16,29H,5,18H2,1-4H3/b27-16-/t29-/m0/s1. The summed E-state index contributed by atoms with van der Waals surface area (Å²) in [4.78, 5) is 32.2. The molecule has 0 spiro atoms. The van der Waals surface area contributed by atoms with Crippen LogP contribution in [0.3, 0.4) is 0 Å². The van der Waals surface area contributed by atoms with Gasteiger partial charge >= 0.3 is 5.97 Å². The van der Waals surface area contributed by atoms with Crippen molar-refractivity contribution in [2.45, 2.75) is 33.4 Å². The van der Waals surface area contributed by atoms with E-state index < -0.39 is 12.0 Å². The number of allylic oxidation sites excluding steroid dienone is 1. The van der Waals surface area contributed by atoms with Crippen molar-refractivity contribution in [1.29, 1.82) is 5.26 Å². The third-order valence-electron chi connectivity index (χ3n) is 6.93. The summed E-state index contributed by atoms with van der Waals surface area (Å²) in [5.74, 6) is 0.622. The normalized spacial score (nSPS) is 14.5. The molecule has 3 aromatic carbocycles. The zero-order valence-electron chi connectivity index (χ0n) is 24.0. The minimum atomic E-state index is -0.661. The van der Waals surface area contributed by atoms with E-state index in [0.29, 0.717) is 44.3 Å². The number of aromatic nitrogens is 1. The molecule has 0 aliphatic carbocycles. The van der Waals surface area contributed by atoms with E-state index in [4.69, 9.17) is 19.5 Å². The summed E-state index contributed by atoms with van der Waals surface area (Å²) in [7, 11) is 1.57. The van der Waals surface area contributed by atoms with Gasteiger partial charge in [0.15, 0.2) is 16.3 Å². The number of hydrogen-bond donors (Lipinski definition) is 0. The van der Waals surface area contributed by atoms with Gasteiger partial charge in [-0.1, -0.05) is 53.3 Å². The Morgan fingerprint density at radius 1 is 1.14 bits per heavy atom. The van der Waals surface area contributed by atoms with Crippen molar-refractivity contribution < 1.29 is 19.0 Å². The zero-order chi connectivity index (χ0) is 30.7. The van der Waals surface area contributed by atoms with Crippen molar-refractivity contribution in [3.05, 3.63) is 123 Å². The van der Waals surface area contributed by atoms with Gasteiger partial charge in [-0.05, 0) is 90.4 Å². The number of carbonyl (C=O) groups excluding carboxylic acids is 1. The van der Waals surface area contributed by atoms with Crippen molar-refractivity contribution in [2.24, 2.45) is 4.99 Å². The van der Waals surface area contributed by atoms with Crippen molar-refractivity contribution >= 4 is 46.0 Å². The van der Waals surface area contributed by atoms with Gasteiger partial charge in [0.1, 0.15) is 6.61 Å². The number of fused-ring (bicyclic) bond motifs is 1. The first-order valence-corrected chi connectivity index (χ1v) is 15.4. The molecule has 0 saturated heterocycles. The summed E-state index contributed by atoms with van der Waals surface area (Å²) in [5, 5.41) is 9.03. The second-order valence-electron chi connectivity index (χ2n) is 9.84. The van der Waals surface area contributed by atoms with E-state index in [-0.39, 0.29) is 12.2 Å². The predicted octanol–water partition coefficient (Wildman–Crippen LogP) is 5.17. The zero-order valence-corrected chi connectivity index (χ0v) is 27.0. The monoisotopic (exact) mass is 705 g/mol. The van der Waals surface area contributed by atoms with E-state index in [9.17, 15) is 9.59 Å². The Bertz CT molecular complexity index is 1950. The van der Waals surface area contributed by atoms with E-state index in [2.05, 4.69) is 33.7 Å². The number of methoxy groups -OCH3 is 1. The van der Waals surface area contributed by atoms with E-state index in [0.717, 1.165) is 25.8 Å². The van der Waals surface area contributed by atoms with Crippen LogP contribution in [0, 0.1) is 21.8 Å². The highest BCUT2D eigenvalue weighted by Crippen LogP contribution is 2.35. The third kappa shape index (κ3) is 6.28. The second kappa shape index (κ2) is 13.0. The minimum Gasteiger partial charge on any atom is -0.493 e. The molecule has 0 amide bonds. The Balaban J connectivity index is 1.55. The Morgan fingerprint density at radius 3 is 2.51 bits per heavy atom. The van der Waals surface area contributed by atoms with E-state index in [1.807, 2.05) is 55.5 Å². The highest BCUT2D eigenvalue weighted by molar-refractivity contribution is 14.1. The molecule has 1 atom stereocenters. The van der Waals surface area contributed by atoms with Crippen LogP contribution in [0.25, 0.3) is 6.08 Å². The highest BCUT2D eigenvalue weighted by atomic mass is 127. The molecular weight excluding hydrogens is 677 g/mol. The largest absolute Gasteiger partial charge is 0.493 e. The third-order valence-corrected chi connectivity index (χ3v) is 8.71. The SMILES string of the molecule is CCOC(=O)C1=C(C)N=c2s/c(=C\c3cc(I)c(OCc4ccc(C#N)cc4)c(OC)c3)c(=O)n2[C@H]1c1ccc(C)cc1. The lowest BCUT2D eigenvalue weighted by atomic mass is 9.95. The fraction of sp³-hybridized carbons (Fsp3) is 0.212. The van der Waals surface area contributed by atoms with Gasteiger partial charge in [0.05, 0.1) is 50.8 Å². The Kier molecular flexibility index (Phi) is 9.13. The number of rotatable bonds is 8. The second-order valence-corrected chi connectivity index (χ2v) is 12.0. The van der Waals surface area contributed by atoms with Gasteiger partial charge in [-0.3, -0.25) is 9.36 Å². The van der Waals surface area contributed by atoms with Crippen LogP contribution >= 0.6 is 33.9 Å². The molecule has 0 fully saturated rings. The van der Waals surface area contributed by atoms with Crippen LogP contribution in [0.15, 0.2) is 81.7 Å². The number of benzene rings is 3. The number of ether oxygens (including phenoxy) is 3. The van der Waals surface area contributed by atoms with Crippen LogP contribution in [0.1, 0.15) is 47.7 Å². The molecule has 10 heteroatoms. The van der Waals surface area contributed by atoms with Gasteiger partial charge in [0, 0.05) is 0 Å². The van der Waals surface area contributed by atoms with Crippen LogP contribution in [-0.4, -0.2) is 24.3 Å². The molecule has 1 aromatic heterocycles. The molecule has 8 nitrogen and oxygen atoms in total. The van der Waals surface area contributed by atoms with Gasteiger partial charge in [0.25, 0.3) is 5.56 Å². The van der Waals surface area contributed by atoms with Crippen LogP contribution < -0.4 is 24.4 Å². The predicted molar refractivity (Wildman–Crippen MR) is 173 cm³/mol. The molecule has 4 aromatic rings. The number of thiazole rings is 1. The lowest BCUT2D eigenvalue weighted by Crippen LogP contribution is -2.39. The van der Waals surface area contributed by atoms with Crippen molar-refractivity contribution in [1.82, 2.24) is 4.57 Å². The molecule has 43 heavy (non-hydrogen) atoms. The molecule has 0 radical (unpaired) electrons. The first-order chi connectivity index (χ1) is 20.7. The van der Waals surface area contributed by atoms with Crippen molar-refractivity contribution in [3.63, 3.8) is 0 Å². The summed E-state index contributed by atoms with van der Waals surface area (Å²) in [6.45, 7) is 6.03. The molecule has 0 N–H and O–H groups in total. The van der Waals surface area contributed by atoms with E-state index >= 15 is 0 Å². The number of nitrogens with zero attached hydrogens (tertiary/aromatic N) is 3. The van der Waals surface area contributed by atoms with Gasteiger partial charge in [-0.15, -0.1) is 0 Å². The van der Waals surface area contributed by atoms with Crippen LogP contribution in [0.2, 0.25) is 0 Å². The summed E-state index contributed by atoms with van der Waals surface area (Å²) >= 11 is 3.45. The lowest BCUT2D eigenvalue weighted by molar-refractivity contribution is -0.139. The molecule has 1 aliphatic rings. The molecule has 1 aliphatic heterocycles. The number of halogens is 1. The molecule has 2 heterocycles. The number of aryl methyl sites for hydroxylation is 1. The van der Waals surface area contributed by atoms with Gasteiger partial charge in [0.2, 0.25) is 0 Å². The Labute approximate surface area is 266 Å². The number of esters is 1. The molecule has 0 saturated carbocycles. The Morgan fingerprint density at radius 2 is 1.86 bits per heavy atom. The number of hydrogen-bond acceptors (Lipinski definition) is 8. The van der Waals surface area contributed by atoms with Crippen LogP contribution in [0.4, 0.5) is 0 Å². The topological polar surface area (TPSA) is 103 Å². The van der Waals surface area contributed by atoms with Crippen LogP contribution in [0.5, 0.6) is 11.5 Å². The fourth-order valence-electron chi connectivity index (χ4n) is 4.80. The maximum Gasteiger partial charge on any atom is 0.338 e. The first-order valence-electron chi connectivity index (χ1n) is 13.5. The van der Waals surface area contributed by atoms with E-state index in [1.54, 1.807) is 43.7 Å². The molecule has 218 valence electrons. The minimum absolute atomic E-state index is 0.217. The molecule has 0 bridgehead atoms. The summed E-state index contributed by atoms with van der Waals surface area (Å²) < 4.78 is 20.0. The average molecular weight is 706 g/mol. The maximum absolute atomic E-state index is 13.9. The quantitative estimate of drug-likeness (QED) is 0.185. The smallest absolute Gasteiger partial charge is 0.338 e.